The maximum Gasteiger partial charge on any atom is 0.573 e. The number of rotatable bonds is 4. The van der Waals surface area contributed by atoms with Gasteiger partial charge in [-0.3, -0.25) is 14.7 Å². The van der Waals surface area contributed by atoms with Crippen LogP contribution < -0.4 is 14.4 Å². The first-order chi connectivity index (χ1) is 13.9. The van der Waals surface area contributed by atoms with E-state index >= 15 is 0 Å². The lowest BCUT2D eigenvalue weighted by atomic mass is 10.0. The van der Waals surface area contributed by atoms with Gasteiger partial charge in [-0.15, -0.1) is 13.2 Å². The number of methoxy groups -OCH3 is 1. The van der Waals surface area contributed by atoms with Crippen LogP contribution in [-0.2, 0) is 6.54 Å². The van der Waals surface area contributed by atoms with Gasteiger partial charge in [0.05, 0.1) is 25.5 Å². The van der Waals surface area contributed by atoms with Gasteiger partial charge < -0.3 is 9.47 Å². The van der Waals surface area contributed by atoms with Crippen molar-refractivity contribution < 1.29 is 27.4 Å². The Labute approximate surface area is 163 Å². The molecule has 3 aromatic rings. The Balaban J connectivity index is 1.67. The van der Waals surface area contributed by atoms with Crippen molar-refractivity contribution in [2.24, 2.45) is 0 Å². The number of benzene rings is 1. The zero-order valence-electron chi connectivity index (χ0n) is 15.1. The zero-order chi connectivity index (χ0) is 20.6. The van der Waals surface area contributed by atoms with E-state index in [-0.39, 0.29) is 18.3 Å². The van der Waals surface area contributed by atoms with Crippen LogP contribution in [0.15, 0.2) is 54.9 Å². The Morgan fingerprint density at radius 2 is 1.83 bits per heavy atom. The summed E-state index contributed by atoms with van der Waals surface area (Å²) in [5.41, 5.74) is 2.49. The second kappa shape index (κ2) is 7.08. The number of halogens is 3. The Morgan fingerprint density at radius 1 is 1.03 bits per heavy atom. The average molecular weight is 401 g/mol. The first kappa shape index (κ1) is 18.7. The number of alkyl halides is 3. The quantitative estimate of drug-likeness (QED) is 0.655. The molecule has 0 aliphatic carbocycles. The summed E-state index contributed by atoms with van der Waals surface area (Å²) >= 11 is 0. The monoisotopic (exact) mass is 401 g/mol. The molecule has 0 atom stereocenters. The molecule has 0 N–H and O–H groups in total. The molecule has 1 aromatic carbocycles. The highest BCUT2D eigenvalue weighted by Gasteiger charge is 2.34. The molecule has 0 bridgehead atoms. The highest BCUT2D eigenvalue weighted by molar-refractivity contribution is 6.10. The number of carbonyl (C=O) groups is 1. The highest BCUT2D eigenvalue weighted by Crippen LogP contribution is 2.37. The van der Waals surface area contributed by atoms with Crippen LogP contribution in [-0.4, -0.2) is 29.3 Å². The number of hydrogen-bond donors (Lipinski definition) is 0. The molecule has 0 saturated carbocycles. The van der Waals surface area contributed by atoms with Crippen LogP contribution in [0.2, 0.25) is 0 Å². The fraction of sp³-hybridized carbons (Fsp3) is 0.150. The van der Waals surface area contributed by atoms with Crippen LogP contribution in [0, 0.1) is 0 Å². The van der Waals surface area contributed by atoms with Crippen molar-refractivity contribution in [1.82, 2.24) is 9.97 Å². The molecule has 0 fully saturated rings. The smallest absolute Gasteiger partial charge is 0.496 e. The largest absolute Gasteiger partial charge is 0.573 e. The number of anilines is 1. The highest BCUT2D eigenvalue weighted by atomic mass is 19.4. The van der Waals surface area contributed by atoms with E-state index in [1.807, 2.05) is 18.2 Å². The third kappa shape index (κ3) is 3.58. The maximum atomic E-state index is 12.9. The molecule has 0 saturated heterocycles. The van der Waals surface area contributed by atoms with E-state index in [2.05, 4.69) is 14.7 Å². The summed E-state index contributed by atoms with van der Waals surface area (Å²) in [5.74, 6) is 0.0649. The topological polar surface area (TPSA) is 64.6 Å². The summed E-state index contributed by atoms with van der Waals surface area (Å²) in [6, 6.07) is 11.3. The number of hydrogen-bond acceptors (Lipinski definition) is 5. The van der Waals surface area contributed by atoms with Gasteiger partial charge in [0.25, 0.3) is 5.91 Å². The standard InChI is InChI=1S/C20H14F3N3O3/c1-28-16-5-3-2-4-14(16)18-15-11-26(19(27)13(15)8-9-24-18)17-7-6-12(10-25-17)29-20(21,22)23/h2-10H,11H2,1H3. The van der Waals surface area contributed by atoms with Crippen LogP contribution in [0.3, 0.4) is 0 Å². The van der Waals surface area contributed by atoms with E-state index in [1.54, 1.807) is 19.2 Å². The number of ether oxygens (including phenoxy) is 2. The maximum absolute atomic E-state index is 12.9. The number of para-hydroxylation sites is 1. The van der Waals surface area contributed by atoms with Crippen LogP contribution in [0.1, 0.15) is 15.9 Å². The molecule has 0 radical (unpaired) electrons. The molecule has 6 nitrogen and oxygen atoms in total. The summed E-state index contributed by atoms with van der Waals surface area (Å²) in [7, 11) is 1.55. The third-order valence-corrected chi connectivity index (χ3v) is 4.44. The van der Waals surface area contributed by atoms with E-state index in [1.165, 1.54) is 17.2 Å². The van der Waals surface area contributed by atoms with Gasteiger partial charge in [0, 0.05) is 22.9 Å². The van der Waals surface area contributed by atoms with Gasteiger partial charge in [-0.2, -0.15) is 0 Å². The van der Waals surface area contributed by atoms with Crippen molar-refractivity contribution in [3.05, 3.63) is 66.0 Å². The molecule has 1 amide bonds. The van der Waals surface area contributed by atoms with E-state index in [0.29, 0.717) is 22.6 Å². The zero-order valence-corrected chi connectivity index (χ0v) is 15.1. The average Bonchev–Trinajstić information content (AvgIpc) is 3.04. The van der Waals surface area contributed by atoms with Gasteiger partial charge in [0.1, 0.15) is 17.3 Å². The molecular weight excluding hydrogens is 387 g/mol. The van der Waals surface area contributed by atoms with Gasteiger partial charge in [0.15, 0.2) is 0 Å². The predicted molar refractivity (Wildman–Crippen MR) is 97.7 cm³/mol. The summed E-state index contributed by atoms with van der Waals surface area (Å²) in [4.78, 5) is 22.6. The van der Waals surface area contributed by atoms with Crippen LogP contribution >= 0.6 is 0 Å². The number of carbonyl (C=O) groups excluding carboxylic acids is 1. The van der Waals surface area contributed by atoms with E-state index in [0.717, 1.165) is 17.8 Å². The minimum absolute atomic E-state index is 0.182. The summed E-state index contributed by atoms with van der Waals surface area (Å²) in [5, 5.41) is 0. The summed E-state index contributed by atoms with van der Waals surface area (Å²) in [6.45, 7) is 0.182. The Kier molecular flexibility index (Phi) is 4.57. The van der Waals surface area contributed by atoms with Crippen molar-refractivity contribution in [1.29, 1.82) is 0 Å². The molecule has 1 aliphatic rings. The van der Waals surface area contributed by atoms with Crippen molar-refractivity contribution in [2.45, 2.75) is 12.9 Å². The van der Waals surface area contributed by atoms with Crippen molar-refractivity contribution in [2.75, 3.05) is 12.0 Å². The third-order valence-electron chi connectivity index (χ3n) is 4.44. The van der Waals surface area contributed by atoms with Crippen molar-refractivity contribution in [3.63, 3.8) is 0 Å². The van der Waals surface area contributed by atoms with Crippen LogP contribution in [0.5, 0.6) is 11.5 Å². The number of aromatic nitrogens is 2. The van der Waals surface area contributed by atoms with E-state index < -0.39 is 12.1 Å². The second-order valence-electron chi connectivity index (χ2n) is 6.18. The molecule has 0 spiro atoms. The first-order valence-corrected chi connectivity index (χ1v) is 8.52. The van der Waals surface area contributed by atoms with Gasteiger partial charge in [-0.25, -0.2) is 4.98 Å². The molecule has 29 heavy (non-hydrogen) atoms. The number of amides is 1. The van der Waals surface area contributed by atoms with Crippen LogP contribution in [0.25, 0.3) is 11.3 Å². The SMILES string of the molecule is COc1ccccc1-c1nccc2c1CN(c1ccc(OC(F)(F)F)cn1)C2=O. The lowest BCUT2D eigenvalue weighted by molar-refractivity contribution is -0.274. The summed E-state index contributed by atoms with van der Waals surface area (Å²) in [6.07, 6.45) is -2.34. The first-order valence-electron chi connectivity index (χ1n) is 8.52. The number of pyridine rings is 2. The number of nitrogens with zero attached hydrogens (tertiary/aromatic N) is 3. The number of fused-ring (bicyclic) bond motifs is 1. The van der Waals surface area contributed by atoms with Crippen molar-refractivity contribution in [3.8, 4) is 22.8 Å². The van der Waals surface area contributed by atoms with E-state index in [9.17, 15) is 18.0 Å². The fourth-order valence-electron chi connectivity index (χ4n) is 3.21. The second-order valence-corrected chi connectivity index (χ2v) is 6.18. The van der Waals surface area contributed by atoms with E-state index in [4.69, 9.17) is 4.74 Å². The Hall–Kier alpha value is -3.62. The van der Waals surface area contributed by atoms with Gasteiger partial charge >= 0.3 is 6.36 Å². The van der Waals surface area contributed by atoms with Gasteiger partial charge in [-0.05, 0) is 30.3 Å². The minimum Gasteiger partial charge on any atom is -0.496 e. The molecule has 3 heterocycles. The normalized spacial score (nSPS) is 13.4. The molecule has 148 valence electrons. The molecule has 9 heteroatoms. The van der Waals surface area contributed by atoms with Crippen LogP contribution in [0.4, 0.5) is 19.0 Å². The van der Waals surface area contributed by atoms with Crippen molar-refractivity contribution >= 4 is 11.7 Å². The fourth-order valence-corrected chi connectivity index (χ4v) is 3.21. The molecule has 0 unspecified atom stereocenters. The lowest BCUT2D eigenvalue weighted by Gasteiger charge is -2.15. The lowest BCUT2D eigenvalue weighted by Crippen LogP contribution is -2.24. The molecule has 2 aromatic heterocycles. The molecule has 4 rings (SSSR count). The van der Waals surface area contributed by atoms with Gasteiger partial charge in [0.2, 0.25) is 0 Å². The summed E-state index contributed by atoms with van der Waals surface area (Å²) < 4.78 is 46.2. The van der Waals surface area contributed by atoms with Gasteiger partial charge in [-0.1, -0.05) is 12.1 Å². The predicted octanol–water partition coefficient (Wildman–Crippen LogP) is 4.21. The molecular formula is C20H14F3N3O3. The Bertz CT molecular complexity index is 1070. The Morgan fingerprint density at radius 3 is 2.52 bits per heavy atom. The molecule has 1 aliphatic heterocycles. The minimum atomic E-state index is -4.81.